The standard InChI is InChI=1S/C12H11ClNO.HI/c1-9(15)8-14-6-2-3-10-7-11(13)4-5-12(10)14;/h2-7H,8H2,1H3;1H/q+1;/p-1. The van der Waals surface area contributed by atoms with E-state index < -0.39 is 0 Å². The fourth-order valence-corrected chi connectivity index (χ4v) is 1.81. The third-order valence-electron chi connectivity index (χ3n) is 2.23. The van der Waals surface area contributed by atoms with Crippen molar-refractivity contribution in [3.8, 4) is 0 Å². The maximum absolute atomic E-state index is 11.1. The van der Waals surface area contributed by atoms with E-state index in [4.69, 9.17) is 11.6 Å². The van der Waals surface area contributed by atoms with E-state index in [1.165, 1.54) is 0 Å². The molecule has 0 spiro atoms. The molecule has 0 N–H and O–H groups in total. The highest BCUT2D eigenvalue weighted by molar-refractivity contribution is 6.31. The van der Waals surface area contributed by atoms with Crippen molar-refractivity contribution in [1.29, 1.82) is 0 Å². The van der Waals surface area contributed by atoms with E-state index in [-0.39, 0.29) is 29.8 Å². The van der Waals surface area contributed by atoms with Gasteiger partial charge in [-0.1, -0.05) is 11.6 Å². The van der Waals surface area contributed by atoms with Crippen LogP contribution in [0.3, 0.4) is 0 Å². The number of benzene rings is 1. The van der Waals surface area contributed by atoms with E-state index >= 15 is 0 Å². The largest absolute Gasteiger partial charge is 1.00 e. The molecular weight excluding hydrogens is 336 g/mol. The summed E-state index contributed by atoms with van der Waals surface area (Å²) >= 11 is 5.90. The highest BCUT2D eigenvalue weighted by atomic mass is 127. The second-order valence-corrected chi connectivity index (χ2v) is 3.98. The van der Waals surface area contributed by atoms with Crippen LogP contribution in [0.1, 0.15) is 6.92 Å². The number of hydrogen-bond acceptors (Lipinski definition) is 1. The lowest BCUT2D eigenvalue weighted by Gasteiger charge is -1.99. The molecule has 0 saturated heterocycles. The zero-order valence-electron chi connectivity index (χ0n) is 8.78. The number of nitrogens with zero attached hydrogens (tertiary/aromatic N) is 1. The third kappa shape index (κ3) is 2.92. The van der Waals surface area contributed by atoms with Crippen molar-refractivity contribution in [3.05, 3.63) is 41.6 Å². The molecule has 1 aromatic heterocycles. The van der Waals surface area contributed by atoms with Gasteiger partial charge in [-0.25, -0.2) is 0 Å². The van der Waals surface area contributed by atoms with Gasteiger partial charge in [0.2, 0.25) is 12.1 Å². The van der Waals surface area contributed by atoms with Crippen molar-refractivity contribution in [2.75, 3.05) is 0 Å². The molecule has 0 radical (unpaired) electrons. The number of carbonyl (C=O) groups is 1. The van der Waals surface area contributed by atoms with Gasteiger partial charge in [-0.05, 0) is 18.2 Å². The molecule has 0 aliphatic rings. The maximum Gasteiger partial charge on any atom is 0.212 e. The first-order valence-corrected chi connectivity index (χ1v) is 5.12. The molecule has 0 amide bonds. The van der Waals surface area contributed by atoms with Crippen LogP contribution < -0.4 is 28.5 Å². The fraction of sp³-hybridized carbons (Fsp3) is 0.167. The van der Waals surface area contributed by atoms with E-state index in [9.17, 15) is 4.79 Å². The monoisotopic (exact) mass is 347 g/mol. The van der Waals surface area contributed by atoms with Gasteiger partial charge in [0, 0.05) is 29.5 Å². The maximum atomic E-state index is 11.1. The van der Waals surface area contributed by atoms with Gasteiger partial charge < -0.3 is 24.0 Å². The Morgan fingerprint density at radius 2 is 2.12 bits per heavy atom. The van der Waals surface area contributed by atoms with Crippen LogP contribution in [0.5, 0.6) is 0 Å². The Morgan fingerprint density at radius 1 is 1.38 bits per heavy atom. The number of pyridine rings is 1. The van der Waals surface area contributed by atoms with Gasteiger partial charge >= 0.3 is 0 Å². The highest BCUT2D eigenvalue weighted by Crippen LogP contribution is 2.15. The first kappa shape index (κ1) is 13.4. The van der Waals surface area contributed by atoms with Gasteiger partial charge in [0.05, 0.1) is 0 Å². The predicted molar refractivity (Wildman–Crippen MR) is 59.8 cm³/mol. The second-order valence-electron chi connectivity index (χ2n) is 3.54. The normalized spacial score (nSPS) is 9.88. The Kier molecular flexibility index (Phi) is 4.68. The average molecular weight is 348 g/mol. The van der Waals surface area contributed by atoms with Crippen LogP contribution in [0, 0.1) is 0 Å². The zero-order chi connectivity index (χ0) is 10.8. The molecule has 1 heterocycles. The smallest absolute Gasteiger partial charge is 0.212 e. The molecule has 0 aliphatic carbocycles. The van der Waals surface area contributed by atoms with Crippen LogP contribution in [-0.2, 0) is 11.3 Å². The molecule has 84 valence electrons. The minimum Gasteiger partial charge on any atom is -1.00 e. The first-order valence-electron chi connectivity index (χ1n) is 4.74. The summed E-state index contributed by atoms with van der Waals surface area (Å²) in [6, 6.07) is 9.56. The summed E-state index contributed by atoms with van der Waals surface area (Å²) in [5, 5.41) is 1.76. The molecule has 0 saturated carbocycles. The molecule has 4 heteroatoms. The second kappa shape index (κ2) is 5.59. The molecule has 2 aromatic rings. The van der Waals surface area contributed by atoms with Crippen molar-refractivity contribution >= 4 is 28.3 Å². The lowest BCUT2D eigenvalue weighted by atomic mass is 10.2. The Bertz CT molecular complexity index is 527. The molecule has 16 heavy (non-hydrogen) atoms. The molecule has 2 nitrogen and oxygen atoms in total. The van der Waals surface area contributed by atoms with E-state index in [1.54, 1.807) is 6.92 Å². The number of ketones is 1. The summed E-state index contributed by atoms with van der Waals surface area (Å²) < 4.78 is 1.92. The predicted octanol–water partition coefficient (Wildman–Crippen LogP) is -0.626. The first-order chi connectivity index (χ1) is 7.16. The summed E-state index contributed by atoms with van der Waals surface area (Å²) in [5.41, 5.74) is 1.03. The lowest BCUT2D eigenvalue weighted by Crippen LogP contribution is -3.00. The van der Waals surface area contributed by atoms with E-state index in [0.29, 0.717) is 11.6 Å². The number of aromatic nitrogens is 1. The molecular formula is C12H11ClINO. The minimum absolute atomic E-state index is 0. The van der Waals surface area contributed by atoms with Gasteiger partial charge in [-0.3, -0.25) is 4.79 Å². The quantitative estimate of drug-likeness (QED) is 0.524. The Balaban J connectivity index is 0.00000128. The lowest BCUT2D eigenvalue weighted by molar-refractivity contribution is -0.658. The van der Waals surface area contributed by atoms with Crippen LogP contribution in [-0.4, -0.2) is 5.78 Å². The number of fused-ring (bicyclic) bond motifs is 1. The Labute approximate surface area is 116 Å². The van der Waals surface area contributed by atoms with Crippen molar-refractivity contribution < 1.29 is 33.3 Å². The van der Waals surface area contributed by atoms with Crippen molar-refractivity contribution in [3.63, 3.8) is 0 Å². The van der Waals surface area contributed by atoms with Crippen LogP contribution in [0.15, 0.2) is 36.5 Å². The van der Waals surface area contributed by atoms with E-state index in [1.807, 2.05) is 41.1 Å². The molecule has 2 rings (SSSR count). The number of halogens is 2. The van der Waals surface area contributed by atoms with E-state index in [0.717, 1.165) is 10.9 Å². The summed E-state index contributed by atoms with van der Waals surface area (Å²) in [4.78, 5) is 11.1. The molecule has 0 fully saturated rings. The van der Waals surface area contributed by atoms with Crippen molar-refractivity contribution in [2.45, 2.75) is 13.5 Å². The fourth-order valence-electron chi connectivity index (χ4n) is 1.63. The molecule has 0 atom stereocenters. The van der Waals surface area contributed by atoms with E-state index in [2.05, 4.69) is 0 Å². The number of Topliss-reactive ketones (excluding diaryl/α,β-unsaturated/α-hetero) is 1. The van der Waals surface area contributed by atoms with Gasteiger partial charge in [0.15, 0.2) is 12.0 Å². The highest BCUT2D eigenvalue weighted by Gasteiger charge is 2.09. The van der Waals surface area contributed by atoms with Crippen LogP contribution in [0.2, 0.25) is 5.02 Å². The van der Waals surface area contributed by atoms with Gasteiger partial charge in [-0.2, -0.15) is 4.57 Å². The third-order valence-corrected chi connectivity index (χ3v) is 2.47. The Morgan fingerprint density at radius 3 is 2.81 bits per heavy atom. The van der Waals surface area contributed by atoms with Crippen LogP contribution >= 0.6 is 11.6 Å². The molecule has 0 aliphatic heterocycles. The molecule has 0 bridgehead atoms. The summed E-state index contributed by atoms with van der Waals surface area (Å²) in [7, 11) is 0. The van der Waals surface area contributed by atoms with Crippen LogP contribution in [0.4, 0.5) is 0 Å². The average Bonchev–Trinajstić information content (AvgIpc) is 2.16. The summed E-state index contributed by atoms with van der Waals surface area (Å²) in [5.74, 6) is 0.141. The Hall–Kier alpha value is -0.680. The minimum atomic E-state index is 0. The molecule has 0 unspecified atom stereocenters. The van der Waals surface area contributed by atoms with Gasteiger partial charge in [0.25, 0.3) is 0 Å². The number of hydrogen-bond donors (Lipinski definition) is 0. The summed E-state index contributed by atoms with van der Waals surface area (Å²) in [6.45, 7) is 1.99. The molecule has 1 aromatic carbocycles. The number of rotatable bonds is 2. The van der Waals surface area contributed by atoms with Gasteiger partial charge in [0.1, 0.15) is 0 Å². The SMILES string of the molecule is CC(=O)C[n+]1cccc2cc(Cl)ccc21.[I-]. The van der Waals surface area contributed by atoms with Crippen molar-refractivity contribution in [2.24, 2.45) is 0 Å². The van der Waals surface area contributed by atoms with Crippen LogP contribution in [0.25, 0.3) is 10.9 Å². The number of carbonyl (C=O) groups excluding carboxylic acids is 1. The van der Waals surface area contributed by atoms with Crippen molar-refractivity contribution in [1.82, 2.24) is 0 Å². The summed E-state index contributed by atoms with van der Waals surface area (Å²) in [6.07, 6.45) is 1.90. The van der Waals surface area contributed by atoms with Gasteiger partial charge in [-0.15, -0.1) is 0 Å². The zero-order valence-corrected chi connectivity index (χ0v) is 11.7. The topological polar surface area (TPSA) is 20.9 Å².